The molecule has 3 heteroatoms. The molecule has 0 aliphatic heterocycles. The number of nitrogens with zero attached hydrogens (tertiary/aromatic N) is 3. The lowest BCUT2D eigenvalue weighted by Crippen LogP contribution is -2.26. The van der Waals surface area contributed by atoms with Crippen LogP contribution in [0.2, 0.25) is 0 Å². The summed E-state index contributed by atoms with van der Waals surface area (Å²) in [5.74, 6) is 1.44. The molecule has 0 amide bonds. The summed E-state index contributed by atoms with van der Waals surface area (Å²) < 4.78 is 2.26. The molecular weight excluding hydrogens is 390 g/mol. The van der Waals surface area contributed by atoms with Gasteiger partial charge in [-0.2, -0.15) is 0 Å². The van der Waals surface area contributed by atoms with Crippen molar-refractivity contribution in [2.45, 2.75) is 73.1 Å². The van der Waals surface area contributed by atoms with E-state index < -0.39 is 0 Å². The molecule has 0 spiro atoms. The number of rotatable bonds is 7. The molecule has 32 heavy (non-hydrogen) atoms. The van der Waals surface area contributed by atoms with Gasteiger partial charge in [0.05, 0.1) is 11.0 Å². The molecule has 2 unspecified atom stereocenters. The van der Waals surface area contributed by atoms with Crippen LogP contribution in [0.3, 0.4) is 0 Å². The maximum atomic E-state index is 4.64. The molecule has 2 atom stereocenters. The van der Waals surface area contributed by atoms with E-state index in [0.29, 0.717) is 11.3 Å². The normalized spacial score (nSPS) is 15.2. The minimum Gasteiger partial charge on any atom is -0.294 e. The Morgan fingerprint density at radius 2 is 1.69 bits per heavy atom. The van der Waals surface area contributed by atoms with Crippen LogP contribution in [0.1, 0.15) is 78.7 Å². The lowest BCUT2D eigenvalue weighted by atomic mass is 9.66. The van der Waals surface area contributed by atoms with Crippen LogP contribution in [0.15, 0.2) is 61.1 Å². The first-order valence-electron chi connectivity index (χ1n) is 12.1. The van der Waals surface area contributed by atoms with Crippen molar-refractivity contribution in [1.82, 2.24) is 14.5 Å². The van der Waals surface area contributed by atoms with E-state index >= 15 is 0 Å². The highest BCUT2D eigenvalue weighted by Crippen LogP contribution is 2.47. The van der Waals surface area contributed by atoms with Crippen LogP contribution >= 0.6 is 0 Å². The highest BCUT2D eigenvalue weighted by atomic mass is 15.1. The maximum absolute atomic E-state index is 4.64. The van der Waals surface area contributed by atoms with Crippen molar-refractivity contribution in [1.29, 1.82) is 0 Å². The third-order valence-corrected chi connectivity index (χ3v) is 7.32. The fourth-order valence-corrected chi connectivity index (χ4v) is 5.28. The Balaban J connectivity index is 1.90. The first-order chi connectivity index (χ1) is 15.3. The maximum Gasteiger partial charge on any atom is 0.137 e. The Morgan fingerprint density at radius 1 is 0.906 bits per heavy atom. The van der Waals surface area contributed by atoms with Crippen LogP contribution < -0.4 is 0 Å². The minimum absolute atomic E-state index is 0.190. The largest absolute Gasteiger partial charge is 0.294 e. The van der Waals surface area contributed by atoms with Crippen molar-refractivity contribution in [2.75, 3.05) is 0 Å². The van der Waals surface area contributed by atoms with Crippen molar-refractivity contribution in [3.63, 3.8) is 0 Å². The quantitative estimate of drug-likeness (QED) is 0.297. The van der Waals surface area contributed by atoms with Crippen molar-refractivity contribution in [3.05, 3.63) is 66.6 Å². The molecule has 0 aliphatic rings. The standard InChI is InChI=1S/C29H37N3/c1-7-15-29(6,8-2)19-24(28(3,4)5)21-12-13-25-22(18-21)23-20-30-17-14-26(23)32(25)27-11-9-10-16-31-27/h9-14,16-18,20,24H,7-8,15,19H2,1-6H3. The zero-order chi connectivity index (χ0) is 22.9. The van der Waals surface area contributed by atoms with Crippen molar-refractivity contribution in [3.8, 4) is 5.82 Å². The fraction of sp³-hybridized carbons (Fsp3) is 0.448. The molecule has 3 aromatic heterocycles. The fourth-order valence-electron chi connectivity index (χ4n) is 5.28. The van der Waals surface area contributed by atoms with Gasteiger partial charge in [-0.25, -0.2) is 4.98 Å². The summed E-state index contributed by atoms with van der Waals surface area (Å²) in [6.45, 7) is 14.3. The van der Waals surface area contributed by atoms with Gasteiger partial charge in [0.25, 0.3) is 0 Å². The Labute approximate surface area is 192 Å². The molecule has 3 nitrogen and oxygen atoms in total. The molecule has 0 radical (unpaired) electrons. The Bertz CT molecular complexity index is 1200. The number of hydrogen-bond donors (Lipinski definition) is 0. The van der Waals surface area contributed by atoms with Gasteiger partial charge in [-0.15, -0.1) is 0 Å². The van der Waals surface area contributed by atoms with Crippen LogP contribution in [0.5, 0.6) is 0 Å². The number of benzene rings is 1. The monoisotopic (exact) mass is 427 g/mol. The highest BCUT2D eigenvalue weighted by molar-refractivity contribution is 6.09. The summed E-state index contributed by atoms with van der Waals surface area (Å²) in [5.41, 5.74) is 4.34. The number of pyridine rings is 2. The molecule has 1 aromatic carbocycles. The zero-order valence-corrected chi connectivity index (χ0v) is 20.5. The van der Waals surface area contributed by atoms with Crippen LogP contribution in [0.25, 0.3) is 27.6 Å². The van der Waals surface area contributed by atoms with Crippen molar-refractivity contribution < 1.29 is 0 Å². The van der Waals surface area contributed by atoms with E-state index in [4.69, 9.17) is 0 Å². The Hall–Kier alpha value is -2.68. The van der Waals surface area contributed by atoms with E-state index in [1.54, 1.807) is 0 Å². The summed E-state index contributed by atoms with van der Waals surface area (Å²) in [6, 6.07) is 15.3. The van der Waals surface area contributed by atoms with Gasteiger partial charge >= 0.3 is 0 Å². The predicted octanol–water partition coefficient (Wildman–Crippen LogP) is 8.31. The molecule has 0 bridgehead atoms. The lowest BCUT2D eigenvalue weighted by molar-refractivity contribution is 0.179. The second kappa shape index (κ2) is 8.69. The Morgan fingerprint density at radius 3 is 2.34 bits per heavy atom. The number of aromatic nitrogens is 3. The van der Waals surface area contributed by atoms with Gasteiger partial charge in [-0.3, -0.25) is 9.55 Å². The predicted molar refractivity (Wildman–Crippen MR) is 136 cm³/mol. The number of fused-ring (bicyclic) bond motifs is 3. The van der Waals surface area contributed by atoms with Crippen LogP contribution in [-0.4, -0.2) is 14.5 Å². The topological polar surface area (TPSA) is 30.7 Å². The van der Waals surface area contributed by atoms with E-state index in [1.165, 1.54) is 47.5 Å². The average Bonchev–Trinajstić information content (AvgIpc) is 3.11. The summed E-state index contributed by atoms with van der Waals surface area (Å²) in [7, 11) is 0. The minimum atomic E-state index is 0.190. The second-order valence-corrected chi connectivity index (χ2v) is 10.7. The first-order valence-corrected chi connectivity index (χ1v) is 12.1. The van der Waals surface area contributed by atoms with Gasteiger partial charge in [0, 0.05) is 29.4 Å². The third kappa shape index (κ3) is 4.18. The summed E-state index contributed by atoms with van der Waals surface area (Å²) in [5, 5.41) is 2.45. The SMILES string of the molecule is CCCC(C)(CC)CC(c1ccc2c(c1)c1cnccc1n2-c1ccccn1)C(C)(C)C. The van der Waals surface area contributed by atoms with Crippen LogP contribution in [0.4, 0.5) is 0 Å². The van der Waals surface area contributed by atoms with Crippen LogP contribution in [0, 0.1) is 10.8 Å². The summed E-state index contributed by atoms with van der Waals surface area (Å²) >= 11 is 0. The van der Waals surface area contributed by atoms with E-state index in [2.05, 4.69) is 86.4 Å². The van der Waals surface area contributed by atoms with Gasteiger partial charge in [-0.05, 0) is 65.5 Å². The highest BCUT2D eigenvalue weighted by Gasteiger charge is 2.34. The van der Waals surface area contributed by atoms with Gasteiger partial charge in [0.2, 0.25) is 0 Å². The van der Waals surface area contributed by atoms with Crippen LogP contribution in [-0.2, 0) is 0 Å². The van der Waals surface area contributed by atoms with Gasteiger partial charge < -0.3 is 0 Å². The van der Waals surface area contributed by atoms with Gasteiger partial charge in [0.1, 0.15) is 5.82 Å². The molecule has 0 saturated heterocycles. The zero-order valence-electron chi connectivity index (χ0n) is 20.5. The third-order valence-electron chi connectivity index (χ3n) is 7.32. The first kappa shape index (κ1) is 22.5. The number of hydrogen-bond acceptors (Lipinski definition) is 2. The molecule has 0 aliphatic carbocycles. The van der Waals surface area contributed by atoms with Crippen molar-refractivity contribution >= 4 is 21.8 Å². The molecule has 4 rings (SSSR count). The second-order valence-electron chi connectivity index (χ2n) is 10.7. The van der Waals surface area contributed by atoms with Gasteiger partial charge in [-0.1, -0.05) is 66.5 Å². The Kier molecular flexibility index (Phi) is 6.11. The van der Waals surface area contributed by atoms with E-state index in [0.717, 1.165) is 11.3 Å². The molecule has 4 aromatic rings. The molecule has 0 saturated carbocycles. The van der Waals surface area contributed by atoms with E-state index in [1.807, 2.05) is 30.7 Å². The van der Waals surface area contributed by atoms with Crippen molar-refractivity contribution in [2.24, 2.45) is 10.8 Å². The lowest BCUT2D eigenvalue weighted by Gasteiger charge is -2.39. The molecule has 0 N–H and O–H groups in total. The summed E-state index contributed by atoms with van der Waals surface area (Å²) in [4.78, 5) is 9.10. The van der Waals surface area contributed by atoms with Gasteiger partial charge in [0.15, 0.2) is 0 Å². The molecular formula is C29H37N3. The molecule has 3 heterocycles. The van der Waals surface area contributed by atoms with E-state index in [9.17, 15) is 0 Å². The average molecular weight is 428 g/mol. The van der Waals surface area contributed by atoms with E-state index in [-0.39, 0.29) is 5.41 Å². The molecule has 168 valence electrons. The molecule has 0 fully saturated rings. The smallest absolute Gasteiger partial charge is 0.137 e. The summed E-state index contributed by atoms with van der Waals surface area (Å²) in [6.07, 6.45) is 10.7.